The fourth-order valence-corrected chi connectivity index (χ4v) is 1.84. The minimum atomic E-state index is -1.000. The molecule has 0 radical (unpaired) electrons. The molecule has 1 atom stereocenters. The normalized spacial score (nSPS) is 20.7. The highest BCUT2D eigenvalue weighted by molar-refractivity contribution is 5.86. The summed E-state index contributed by atoms with van der Waals surface area (Å²) in [7, 11) is 0. The molecular formula is C10H14N2O3. The van der Waals surface area contributed by atoms with Crippen LogP contribution in [-0.2, 0) is 6.42 Å². The zero-order valence-corrected chi connectivity index (χ0v) is 8.62. The average Bonchev–Trinajstić information content (AvgIpc) is 2.86. The van der Waals surface area contributed by atoms with Crippen LogP contribution in [0.4, 0.5) is 0 Å². The van der Waals surface area contributed by atoms with Gasteiger partial charge in [-0.25, -0.2) is 9.78 Å². The molecule has 0 amide bonds. The maximum Gasteiger partial charge on any atom is 0.358 e. The first-order valence-electron chi connectivity index (χ1n) is 5.16. The molecule has 1 fully saturated rings. The van der Waals surface area contributed by atoms with Crippen molar-refractivity contribution in [2.45, 2.75) is 25.7 Å². The first-order valence-corrected chi connectivity index (χ1v) is 5.16. The van der Waals surface area contributed by atoms with Gasteiger partial charge in [-0.2, -0.15) is 0 Å². The summed E-state index contributed by atoms with van der Waals surface area (Å²) in [5, 5.41) is 12.2. The molecule has 0 bridgehead atoms. The molecule has 0 aliphatic carbocycles. The fraction of sp³-hybridized carbons (Fsp3) is 0.600. The van der Waals surface area contributed by atoms with Crippen molar-refractivity contribution in [1.29, 1.82) is 0 Å². The highest BCUT2D eigenvalue weighted by Crippen LogP contribution is 2.26. The van der Waals surface area contributed by atoms with E-state index in [4.69, 9.17) is 9.52 Å². The minimum Gasteiger partial charge on any atom is -0.476 e. The second kappa shape index (κ2) is 4.02. The third-order valence-corrected chi connectivity index (χ3v) is 2.63. The van der Waals surface area contributed by atoms with Crippen LogP contribution in [0, 0.1) is 0 Å². The number of carboxylic acid groups (broad SMARTS) is 1. The van der Waals surface area contributed by atoms with Crippen LogP contribution >= 0.6 is 0 Å². The van der Waals surface area contributed by atoms with Gasteiger partial charge in [0.05, 0.1) is 0 Å². The van der Waals surface area contributed by atoms with Gasteiger partial charge in [-0.3, -0.25) is 0 Å². The molecule has 82 valence electrons. The lowest BCUT2D eigenvalue weighted by molar-refractivity contribution is 0.0688. The molecule has 1 aromatic rings. The number of carbonyl (C=O) groups is 1. The Hall–Kier alpha value is -1.36. The summed E-state index contributed by atoms with van der Waals surface area (Å²) in [6.07, 6.45) is 1.54. The van der Waals surface area contributed by atoms with Gasteiger partial charge in [-0.05, 0) is 13.0 Å². The molecule has 2 rings (SSSR count). The summed E-state index contributed by atoms with van der Waals surface area (Å²) in [5.41, 5.74) is 0.0838. The second-order valence-corrected chi connectivity index (χ2v) is 3.67. The number of rotatable bonds is 3. The van der Waals surface area contributed by atoms with Crippen LogP contribution < -0.4 is 5.32 Å². The van der Waals surface area contributed by atoms with Gasteiger partial charge >= 0.3 is 5.97 Å². The number of nitrogens with one attached hydrogen (secondary N) is 1. The van der Waals surface area contributed by atoms with Crippen molar-refractivity contribution < 1.29 is 14.3 Å². The molecule has 1 aliphatic heterocycles. The van der Waals surface area contributed by atoms with Crippen LogP contribution in [0.3, 0.4) is 0 Å². The number of aromatic carboxylic acids is 1. The van der Waals surface area contributed by atoms with Crippen molar-refractivity contribution in [2.24, 2.45) is 0 Å². The third kappa shape index (κ3) is 1.87. The molecule has 5 nitrogen and oxygen atoms in total. The third-order valence-electron chi connectivity index (χ3n) is 2.63. The number of nitrogens with zero attached hydrogens (tertiary/aromatic N) is 1. The Bertz CT molecular complexity index is 367. The predicted molar refractivity (Wildman–Crippen MR) is 53.1 cm³/mol. The Kier molecular flexibility index (Phi) is 2.73. The molecular weight excluding hydrogens is 196 g/mol. The Labute approximate surface area is 87.5 Å². The van der Waals surface area contributed by atoms with E-state index in [1.165, 1.54) is 0 Å². The highest BCUT2D eigenvalue weighted by atomic mass is 16.4. The van der Waals surface area contributed by atoms with E-state index in [-0.39, 0.29) is 11.6 Å². The smallest absolute Gasteiger partial charge is 0.358 e. The number of carboxylic acids is 1. The number of hydrogen-bond donors (Lipinski definition) is 2. The SMILES string of the molecule is CCc1nc(C(=O)O)c(C2CCNC2)o1. The predicted octanol–water partition coefficient (Wildman–Crippen LogP) is 1.01. The van der Waals surface area contributed by atoms with Gasteiger partial charge in [0.25, 0.3) is 0 Å². The largest absolute Gasteiger partial charge is 0.476 e. The van der Waals surface area contributed by atoms with E-state index in [1.807, 2.05) is 6.92 Å². The number of aryl methyl sites for hydroxylation is 1. The highest BCUT2D eigenvalue weighted by Gasteiger charge is 2.28. The summed E-state index contributed by atoms with van der Waals surface area (Å²) >= 11 is 0. The molecule has 1 aromatic heterocycles. The first-order chi connectivity index (χ1) is 7.22. The van der Waals surface area contributed by atoms with E-state index in [1.54, 1.807) is 0 Å². The van der Waals surface area contributed by atoms with Crippen LogP contribution in [0.2, 0.25) is 0 Å². The first kappa shape index (κ1) is 10.2. The monoisotopic (exact) mass is 210 g/mol. The van der Waals surface area contributed by atoms with Crippen LogP contribution in [0.1, 0.15) is 41.4 Å². The van der Waals surface area contributed by atoms with Crippen molar-refractivity contribution >= 4 is 5.97 Å². The molecule has 1 aliphatic rings. The molecule has 2 N–H and O–H groups in total. The van der Waals surface area contributed by atoms with Crippen LogP contribution in [0.15, 0.2) is 4.42 Å². The van der Waals surface area contributed by atoms with E-state index < -0.39 is 5.97 Å². The minimum absolute atomic E-state index is 0.0838. The lowest BCUT2D eigenvalue weighted by atomic mass is 10.0. The lowest BCUT2D eigenvalue weighted by Crippen LogP contribution is -2.10. The summed E-state index contributed by atoms with van der Waals surface area (Å²) in [6, 6.07) is 0. The van der Waals surface area contributed by atoms with E-state index in [9.17, 15) is 4.79 Å². The maximum atomic E-state index is 11.0. The number of hydrogen-bond acceptors (Lipinski definition) is 4. The van der Waals surface area contributed by atoms with E-state index in [0.29, 0.717) is 18.1 Å². The Morgan fingerprint density at radius 3 is 3.07 bits per heavy atom. The van der Waals surface area contributed by atoms with E-state index in [2.05, 4.69) is 10.3 Å². The quantitative estimate of drug-likeness (QED) is 0.778. The van der Waals surface area contributed by atoms with Gasteiger partial charge in [0.2, 0.25) is 0 Å². The van der Waals surface area contributed by atoms with Crippen molar-refractivity contribution in [1.82, 2.24) is 10.3 Å². The second-order valence-electron chi connectivity index (χ2n) is 3.67. The summed E-state index contributed by atoms with van der Waals surface area (Å²) < 4.78 is 5.48. The van der Waals surface area contributed by atoms with Crippen molar-refractivity contribution in [2.75, 3.05) is 13.1 Å². The number of aromatic nitrogens is 1. The summed E-state index contributed by atoms with van der Waals surface area (Å²) in [6.45, 7) is 3.58. The van der Waals surface area contributed by atoms with Gasteiger partial charge in [-0.1, -0.05) is 6.92 Å². The van der Waals surface area contributed by atoms with Gasteiger partial charge in [0.15, 0.2) is 11.6 Å². The molecule has 5 heteroatoms. The zero-order chi connectivity index (χ0) is 10.8. The Balaban J connectivity index is 2.34. The van der Waals surface area contributed by atoms with Gasteiger partial charge < -0.3 is 14.8 Å². The Morgan fingerprint density at radius 1 is 1.73 bits per heavy atom. The molecule has 1 saturated heterocycles. The van der Waals surface area contributed by atoms with Crippen molar-refractivity contribution in [3.63, 3.8) is 0 Å². The molecule has 15 heavy (non-hydrogen) atoms. The summed E-state index contributed by atoms with van der Waals surface area (Å²) in [4.78, 5) is 14.9. The molecule has 1 unspecified atom stereocenters. The van der Waals surface area contributed by atoms with E-state index >= 15 is 0 Å². The van der Waals surface area contributed by atoms with Crippen LogP contribution in [0.5, 0.6) is 0 Å². The average molecular weight is 210 g/mol. The lowest BCUT2D eigenvalue weighted by Gasteiger charge is -2.03. The molecule has 0 spiro atoms. The number of oxazole rings is 1. The molecule has 2 heterocycles. The van der Waals surface area contributed by atoms with E-state index in [0.717, 1.165) is 19.5 Å². The van der Waals surface area contributed by atoms with Crippen LogP contribution in [0.25, 0.3) is 0 Å². The fourth-order valence-electron chi connectivity index (χ4n) is 1.84. The maximum absolute atomic E-state index is 11.0. The molecule has 0 aromatic carbocycles. The zero-order valence-electron chi connectivity index (χ0n) is 8.62. The van der Waals surface area contributed by atoms with Crippen molar-refractivity contribution in [3.8, 4) is 0 Å². The Morgan fingerprint density at radius 2 is 2.53 bits per heavy atom. The van der Waals surface area contributed by atoms with Crippen LogP contribution in [-0.4, -0.2) is 29.1 Å². The molecule has 0 saturated carbocycles. The van der Waals surface area contributed by atoms with Gasteiger partial charge in [-0.15, -0.1) is 0 Å². The van der Waals surface area contributed by atoms with Gasteiger partial charge in [0.1, 0.15) is 5.76 Å². The topological polar surface area (TPSA) is 75.4 Å². The van der Waals surface area contributed by atoms with Crippen molar-refractivity contribution in [3.05, 3.63) is 17.3 Å². The summed E-state index contributed by atoms with van der Waals surface area (Å²) in [5.74, 6) is 0.197. The standard InChI is InChI=1S/C10H14N2O3/c1-2-7-12-8(10(13)14)9(15-7)6-3-4-11-5-6/h6,11H,2-5H2,1H3,(H,13,14). The van der Waals surface area contributed by atoms with Gasteiger partial charge in [0, 0.05) is 18.9 Å².